The topological polar surface area (TPSA) is 91.6 Å². The second kappa shape index (κ2) is 7.00. The summed E-state index contributed by atoms with van der Waals surface area (Å²) in [4.78, 5) is 33.1. The van der Waals surface area contributed by atoms with Gasteiger partial charge < -0.3 is 19.6 Å². The third-order valence-electron chi connectivity index (χ3n) is 3.82. The maximum atomic E-state index is 12.5. The van der Waals surface area contributed by atoms with E-state index >= 15 is 0 Å². The van der Waals surface area contributed by atoms with Crippen LogP contribution in [0.25, 0.3) is 0 Å². The van der Waals surface area contributed by atoms with E-state index in [4.69, 9.17) is 4.52 Å². The molecule has 0 saturated carbocycles. The average molecular weight is 349 g/mol. The number of nitrogens with one attached hydrogen (secondary N) is 1. The maximum absolute atomic E-state index is 12.5. The van der Waals surface area contributed by atoms with E-state index in [-0.39, 0.29) is 18.4 Å². The SMILES string of the molecule is CN(C)c1noc(CNC(=O)[C@@H]2CCCN2C(=O)c2cccs2)n1. The number of carbonyl (C=O) groups is 2. The maximum Gasteiger partial charge on any atom is 0.265 e. The predicted octanol–water partition coefficient (Wildman–Crippen LogP) is 1.12. The van der Waals surface area contributed by atoms with Gasteiger partial charge in [0.05, 0.1) is 11.4 Å². The molecule has 0 unspecified atom stereocenters. The third-order valence-corrected chi connectivity index (χ3v) is 4.68. The summed E-state index contributed by atoms with van der Waals surface area (Å²) >= 11 is 1.39. The first-order valence-electron chi connectivity index (χ1n) is 7.68. The number of hydrogen-bond acceptors (Lipinski definition) is 7. The van der Waals surface area contributed by atoms with E-state index in [1.54, 1.807) is 30.0 Å². The van der Waals surface area contributed by atoms with Crippen LogP contribution in [0.5, 0.6) is 0 Å². The smallest absolute Gasteiger partial charge is 0.265 e. The average Bonchev–Trinajstić information content (AvgIpc) is 3.33. The molecule has 3 rings (SSSR count). The molecule has 0 bridgehead atoms. The molecule has 1 aliphatic rings. The van der Waals surface area contributed by atoms with Gasteiger partial charge in [0.15, 0.2) is 0 Å². The number of amides is 2. The van der Waals surface area contributed by atoms with Crippen molar-refractivity contribution in [1.29, 1.82) is 0 Å². The summed E-state index contributed by atoms with van der Waals surface area (Å²) < 4.78 is 5.08. The number of likely N-dealkylation sites (tertiary alicyclic amines) is 1. The zero-order chi connectivity index (χ0) is 17.1. The van der Waals surface area contributed by atoms with Crippen molar-refractivity contribution in [2.45, 2.75) is 25.4 Å². The van der Waals surface area contributed by atoms with E-state index < -0.39 is 6.04 Å². The highest BCUT2D eigenvalue weighted by Gasteiger charge is 2.34. The van der Waals surface area contributed by atoms with Crippen molar-refractivity contribution in [2.75, 3.05) is 25.5 Å². The first-order chi connectivity index (χ1) is 11.6. The molecule has 1 saturated heterocycles. The number of carbonyl (C=O) groups excluding carboxylic acids is 2. The highest BCUT2D eigenvalue weighted by Crippen LogP contribution is 2.22. The standard InChI is InChI=1S/C15H19N5O3S/c1-19(2)15-17-12(23-18-15)9-16-13(21)10-5-3-7-20(10)14(22)11-6-4-8-24-11/h4,6,8,10H,3,5,7,9H2,1-2H3,(H,16,21)/t10-/m0/s1. The summed E-state index contributed by atoms with van der Waals surface area (Å²) in [7, 11) is 3.61. The second-order valence-corrected chi connectivity index (χ2v) is 6.68. The van der Waals surface area contributed by atoms with Crippen molar-refractivity contribution in [3.63, 3.8) is 0 Å². The van der Waals surface area contributed by atoms with E-state index in [0.717, 1.165) is 6.42 Å². The fraction of sp³-hybridized carbons (Fsp3) is 0.467. The molecule has 24 heavy (non-hydrogen) atoms. The summed E-state index contributed by atoms with van der Waals surface area (Å²) in [6.45, 7) is 0.747. The Labute approximate surface area is 143 Å². The number of rotatable bonds is 5. The van der Waals surface area contributed by atoms with Gasteiger partial charge in [0.1, 0.15) is 6.04 Å². The normalized spacial score (nSPS) is 17.1. The fourth-order valence-electron chi connectivity index (χ4n) is 2.60. The lowest BCUT2D eigenvalue weighted by Gasteiger charge is -2.23. The molecule has 2 amide bonds. The fourth-order valence-corrected chi connectivity index (χ4v) is 3.28. The molecule has 0 aromatic carbocycles. The third kappa shape index (κ3) is 3.40. The largest absolute Gasteiger partial charge is 0.345 e. The van der Waals surface area contributed by atoms with Crippen LogP contribution >= 0.6 is 11.3 Å². The molecule has 3 heterocycles. The van der Waals surface area contributed by atoms with E-state index in [9.17, 15) is 9.59 Å². The Balaban J connectivity index is 1.60. The van der Waals surface area contributed by atoms with Crippen molar-refractivity contribution in [2.24, 2.45) is 0 Å². The summed E-state index contributed by atoms with van der Waals surface area (Å²) in [6, 6.07) is 3.17. The van der Waals surface area contributed by atoms with Crippen LogP contribution in [0, 0.1) is 0 Å². The van der Waals surface area contributed by atoms with E-state index in [1.807, 2.05) is 11.4 Å². The van der Waals surface area contributed by atoms with Crippen LogP contribution in [0.2, 0.25) is 0 Å². The van der Waals surface area contributed by atoms with Gasteiger partial charge in [-0.1, -0.05) is 6.07 Å². The molecule has 0 spiro atoms. The molecule has 9 heteroatoms. The molecule has 0 radical (unpaired) electrons. The summed E-state index contributed by atoms with van der Waals surface area (Å²) in [5.74, 6) is 0.508. The Morgan fingerprint density at radius 1 is 1.50 bits per heavy atom. The van der Waals surface area contributed by atoms with Crippen LogP contribution in [0.4, 0.5) is 5.95 Å². The second-order valence-electron chi connectivity index (χ2n) is 5.73. The molecule has 128 valence electrons. The van der Waals surface area contributed by atoms with Crippen molar-refractivity contribution < 1.29 is 14.1 Å². The zero-order valence-corrected chi connectivity index (χ0v) is 14.4. The molecule has 2 aromatic rings. The van der Waals surface area contributed by atoms with Crippen LogP contribution in [0.3, 0.4) is 0 Å². The molecular formula is C15H19N5O3S. The Hall–Kier alpha value is -2.42. The van der Waals surface area contributed by atoms with Gasteiger partial charge in [-0.05, 0) is 29.4 Å². The Bertz CT molecular complexity index is 713. The number of nitrogens with zero attached hydrogens (tertiary/aromatic N) is 4. The van der Waals surface area contributed by atoms with Gasteiger partial charge in [0.25, 0.3) is 11.9 Å². The van der Waals surface area contributed by atoms with E-state index in [2.05, 4.69) is 15.5 Å². The number of aromatic nitrogens is 2. The lowest BCUT2D eigenvalue weighted by Crippen LogP contribution is -2.45. The summed E-state index contributed by atoms with van der Waals surface area (Å²) in [5.41, 5.74) is 0. The van der Waals surface area contributed by atoms with Crippen molar-refractivity contribution in [1.82, 2.24) is 20.4 Å². The van der Waals surface area contributed by atoms with Crippen LogP contribution in [0.15, 0.2) is 22.0 Å². The van der Waals surface area contributed by atoms with Gasteiger partial charge in [0, 0.05) is 20.6 Å². The first kappa shape index (κ1) is 16.4. The van der Waals surface area contributed by atoms with Gasteiger partial charge in [-0.15, -0.1) is 11.3 Å². The number of hydrogen-bond donors (Lipinski definition) is 1. The Kier molecular flexibility index (Phi) is 4.79. The van der Waals surface area contributed by atoms with Gasteiger partial charge >= 0.3 is 0 Å². The summed E-state index contributed by atoms with van der Waals surface area (Å²) in [6.07, 6.45) is 1.48. The Morgan fingerprint density at radius 2 is 2.33 bits per heavy atom. The van der Waals surface area contributed by atoms with Crippen LogP contribution < -0.4 is 10.2 Å². The molecule has 2 aromatic heterocycles. The zero-order valence-electron chi connectivity index (χ0n) is 13.6. The van der Waals surface area contributed by atoms with Crippen molar-refractivity contribution in [3.05, 3.63) is 28.3 Å². The van der Waals surface area contributed by atoms with Crippen molar-refractivity contribution >= 4 is 29.1 Å². The lowest BCUT2D eigenvalue weighted by atomic mass is 10.2. The van der Waals surface area contributed by atoms with Crippen LogP contribution in [-0.4, -0.2) is 53.5 Å². The van der Waals surface area contributed by atoms with E-state index in [1.165, 1.54) is 11.3 Å². The minimum Gasteiger partial charge on any atom is -0.345 e. The minimum absolute atomic E-state index is 0.0877. The first-order valence-corrected chi connectivity index (χ1v) is 8.56. The number of thiophene rings is 1. The quantitative estimate of drug-likeness (QED) is 0.870. The Morgan fingerprint density at radius 3 is 3.00 bits per heavy atom. The molecule has 8 nitrogen and oxygen atoms in total. The monoisotopic (exact) mass is 349 g/mol. The summed E-state index contributed by atoms with van der Waals surface area (Å²) in [5, 5.41) is 8.43. The minimum atomic E-state index is -0.448. The van der Waals surface area contributed by atoms with Gasteiger partial charge in [-0.3, -0.25) is 9.59 Å². The van der Waals surface area contributed by atoms with Gasteiger partial charge in [-0.2, -0.15) is 4.98 Å². The molecule has 1 aliphatic heterocycles. The van der Waals surface area contributed by atoms with Gasteiger partial charge in [-0.25, -0.2) is 0 Å². The van der Waals surface area contributed by atoms with E-state index in [0.29, 0.717) is 29.7 Å². The molecule has 1 fully saturated rings. The van der Waals surface area contributed by atoms with Gasteiger partial charge in [0.2, 0.25) is 11.8 Å². The highest BCUT2D eigenvalue weighted by molar-refractivity contribution is 7.12. The molecule has 0 aliphatic carbocycles. The van der Waals surface area contributed by atoms with Crippen LogP contribution in [-0.2, 0) is 11.3 Å². The molecular weight excluding hydrogens is 330 g/mol. The molecule has 1 atom stereocenters. The predicted molar refractivity (Wildman–Crippen MR) is 88.8 cm³/mol. The molecule has 1 N–H and O–H groups in total. The highest BCUT2D eigenvalue weighted by atomic mass is 32.1. The number of anilines is 1. The lowest BCUT2D eigenvalue weighted by molar-refractivity contribution is -0.125. The van der Waals surface area contributed by atoms with Crippen molar-refractivity contribution in [3.8, 4) is 0 Å². The van der Waals surface area contributed by atoms with Crippen LogP contribution in [0.1, 0.15) is 28.4 Å².